The molecule has 5 nitrogen and oxygen atoms in total. The van der Waals surface area contributed by atoms with Gasteiger partial charge in [-0.3, -0.25) is 10.4 Å². The van der Waals surface area contributed by atoms with Crippen molar-refractivity contribution < 1.29 is 0 Å². The Labute approximate surface area is 123 Å². The zero-order valence-corrected chi connectivity index (χ0v) is 13.0. The van der Waals surface area contributed by atoms with E-state index in [1.54, 1.807) is 11.3 Å². The van der Waals surface area contributed by atoms with Crippen molar-refractivity contribution in [2.75, 3.05) is 11.9 Å². The molecule has 3 N–H and O–H groups in total. The third kappa shape index (κ3) is 2.96. The molecule has 0 aliphatic heterocycles. The van der Waals surface area contributed by atoms with Crippen molar-refractivity contribution in [2.45, 2.75) is 27.3 Å². The van der Waals surface area contributed by atoms with E-state index in [4.69, 9.17) is 11.1 Å². The van der Waals surface area contributed by atoms with Crippen LogP contribution in [0.1, 0.15) is 27.7 Å². The fourth-order valence-electron chi connectivity index (χ4n) is 2.25. The summed E-state index contributed by atoms with van der Waals surface area (Å²) in [7, 11) is 1.98. The molecule has 20 heavy (non-hydrogen) atoms. The van der Waals surface area contributed by atoms with E-state index >= 15 is 0 Å². The van der Waals surface area contributed by atoms with Crippen LogP contribution in [0.5, 0.6) is 0 Å². The Morgan fingerprint density at radius 1 is 1.35 bits per heavy atom. The molecule has 0 atom stereocenters. The molecule has 0 bridgehead atoms. The number of nitrogens with one attached hydrogen (secondary N) is 1. The van der Waals surface area contributed by atoms with E-state index in [-0.39, 0.29) is 5.84 Å². The maximum atomic E-state index is 7.76. The van der Waals surface area contributed by atoms with Crippen LogP contribution in [0.3, 0.4) is 0 Å². The molecule has 2 rings (SSSR count). The van der Waals surface area contributed by atoms with Crippen molar-refractivity contribution in [2.24, 2.45) is 5.73 Å². The van der Waals surface area contributed by atoms with Crippen LogP contribution in [-0.4, -0.2) is 22.9 Å². The summed E-state index contributed by atoms with van der Waals surface area (Å²) in [6.45, 7) is 6.51. The molecular weight excluding hydrogens is 270 g/mol. The van der Waals surface area contributed by atoms with Crippen LogP contribution in [-0.2, 0) is 6.54 Å². The molecule has 2 heterocycles. The summed E-state index contributed by atoms with van der Waals surface area (Å²) in [5, 5.41) is 10.9. The van der Waals surface area contributed by atoms with Crippen molar-refractivity contribution in [1.29, 1.82) is 5.41 Å². The van der Waals surface area contributed by atoms with Crippen LogP contribution in [0.25, 0.3) is 0 Å². The van der Waals surface area contributed by atoms with Gasteiger partial charge >= 0.3 is 0 Å². The maximum Gasteiger partial charge on any atom is 0.126 e. The highest BCUT2D eigenvalue weighted by molar-refractivity contribution is 7.09. The van der Waals surface area contributed by atoms with Crippen molar-refractivity contribution in [3.8, 4) is 0 Å². The first kappa shape index (κ1) is 14.5. The van der Waals surface area contributed by atoms with Crippen LogP contribution in [0.15, 0.2) is 11.4 Å². The van der Waals surface area contributed by atoms with E-state index in [0.29, 0.717) is 12.1 Å². The Kier molecular flexibility index (Phi) is 4.04. The van der Waals surface area contributed by atoms with Crippen molar-refractivity contribution >= 4 is 22.9 Å². The lowest BCUT2D eigenvalue weighted by atomic mass is 10.1. The van der Waals surface area contributed by atoms with Crippen molar-refractivity contribution in [3.63, 3.8) is 0 Å². The first-order chi connectivity index (χ1) is 9.38. The molecule has 6 heteroatoms. The molecule has 106 valence electrons. The molecule has 2 aromatic rings. The zero-order chi connectivity index (χ0) is 14.9. The molecular formula is C14H19N5S. The molecule has 0 fully saturated rings. The summed E-state index contributed by atoms with van der Waals surface area (Å²) >= 11 is 1.64. The summed E-state index contributed by atoms with van der Waals surface area (Å²) in [6, 6.07) is 1.96. The topological polar surface area (TPSA) is 78.9 Å². The predicted molar refractivity (Wildman–Crippen MR) is 83.7 cm³/mol. The van der Waals surface area contributed by atoms with Crippen molar-refractivity contribution in [3.05, 3.63) is 39.1 Å². The number of aromatic nitrogens is 2. The minimum absolute atomic E-state index is 0.0475. The van der Waals surface area contributed by atoms with Gasteiger partial charge in [0, 0.05) is 18.1 Å². The highest BCUT2D eigenvalue weighted by Gasteiger charge is 2.15. The normalized spacial score (nSPS) is 10.6. The number of hydrogen-bond acceptors (Lipinski definition) is 5. The van der Waals surface area contributed by atoms with Gasteiger partial charge in [-0.1, -0.05) is 0 Å². The minimum Gasteiger partial charge on any atom is -0.384 e. The van der Waals surface area contributed by atoms with Crippen molar-refractivity contribution in [1.82, 2.24) is 9.97 Å². The van der Waals surface area contributed by atoms with Gasteiger partial charge in [0.05, 0.1) is 34.2 Å². The van der Waals surface area contributed by atoms with E-state index in [9.17, 15) is 0 Å². The third-order valence-corrected chi connectivity index (χ3v) is 3.88. The lowest BCUT2D eigenvalue weighted by molar-refractivity contribution is 0.882. The van der Waals surface area contributed by atoms with E-state index in [1.165, 1.54) is 0 Å². The standard InChI is InChI=1S/C14H19N5S/c1-8-5-12(13(14(15)16)9(2)17-8)19(4)6-11-7-20-10(3)18-11/h5,7H,6H2,1-4H3,(H3,15,16). The summed E-state index contributed by atoms with van der Waals surface area (Å²) in [5.41, 5.74) is 10.1. The lowest BCUT2D eigenvalue weighted by Gasteiger charge is -2.22. The van der Waals surface area contributed by atoms with Crippen LogP contribution >= 0.6 is 11.3 Å². The Bertz CT molecular complexity index is 647. The molecule has 0 saturated carbocycles. The van der Waals surface area contributed by atoms with E-state index < -0.39 is 0 Å². The molecule has 0 saturated heterocycles. The van der Waals surface area contributed by atoms with E-state index in [2.05, 4.69) is 20.2 Å². The fraction of sp³-hybridized carbons (Fsp3) is 0.357. The third-order valence-electron chi connectivity index (χ3n) is 3.05. The molecule has 0 aliphatic carbocycles. The molecule has 0 aromatic carbocycles. The molecule has 0 unspecified atom stereocenters. The SMILES string of the molecule is Cc1cc(N(C)Cc2csc(C)n2)c(C(=N)N)c(C)n1. The molecule has 0 spiro atoms. The molecule has 0 amide bonds. The lowest BCUT2D eigenvalue weighted by Crippen LogP contribution is -2.24. The summed E-state index contributed by atoms with van der Waals surface area (Å²) < 4.78 is 0. The fourth-order valence-corrected chi connectivity index (χ4v) is 2.85. The highest BCUT2D eigenvalue weighted by Crippen LogP contribution is 2.24. The smallest absolute Gasteiger partial charge is 0.126 e. The van der Waals surface area contributed by atoms with Gasteiger partial charge in [-0.05, 0) is 26.8 Å². The predicted octanol–water partition coefficient (Wildman–Crippen LogP) is 2.38. The number of nitrogen functional groups attached to an aromatic ring is 1. The summed E-state index contributed by atoms with van der Waals surface area (Å²) in [5.74, 6) is 0.0475. The zero-order valence-electron chi connectivity index (χ0n) is 12.2. The Balaban J connectivity index is 2.38. The van der Waals surface area contributed by atoms with Crippen LogP contribution in [0.4, 0.5) is 5.69 Å². The second-order valence-electron chi connectivity index (χ2n) is 4.87. The number of hydrogen-bond donors (Lipinski definition) is 2. The number of anilines is 1. The van der Waals surface area contributed by atoms with E-state index in [0.717, 1.165) is 27.8 Å². The van der Waals surface area contributed by atoms with Gasteiger partial charge in [-0.15, -0.1) is 11.3 Å². The highest BCUT2D eigenvalue weighted by atomic mass is 32.1. The van der Waals surface area contributed by atoms with Gasteiger partial charge in [-0.25, -0.2) is 4.98 Å². The van der Waals surface area contributed by atoms with Gasteiger partial charge < -0.3 is 10.6 Å². The first-order valence-electron chi connectivity index (χ1n) is 6.33. The van der Waals surface area contributed by atoms with Crippen LogP contribution in [0, 0.1) is 26.2 Å². The first-order valence-corrected chi connectivity index (χ1v) is 7.21. The average Bonchev–Trinajstić information content (AvgIpc) is 2.72. The monoisotopic (exact) mass is 289 g/mol. The molecule has 0 radical (unpaired) electrons. The van der Waals surface area contributed by atoms with E-state index in [1.807, 2.05) is 33.9 Å². The number of thiazole rings is 1. The number of aryl methyl sites for hydroxylation is 3. The molecule has 0 aliphatic rings. The number of pyridine rings is 1. The van der Waals surface area contributed by atoms with Gasteiger partial charge in [0.15, 0.2) is 0 Å². The van der Waals surface area contributed by atoms with Gasteiger partial charge in [0.25, 0.3) is 0 Å². The number of amidine groups is 1. The average molecular weight is 289 g/mol. The van der Waals surface area contributed by atoms with Crippen LogP contribution < -0.4 is 10.6 Å². The second kappa shape index (κ2) is 5.58. The largest absolute Gasteiger partial charge is 0.384 e. The summed E-state index contributed by atoms with van der Waals surface area (Å²) in [6.07, 6.45) is 0. The quantitative estimate of drug-likeness (QED) is 0.669. The number of nitrogens with two attached hydrogens (primary N) is 1. The van der Waals surface area contributed by atoms with Gasteiger partial charge in [-0.2, -0.15) is 0 Å². The van der Waals surface area contributed by atoms with Gasteiger partial charge in [0.1, 0.15) is 5.84 Å². The summed E-state index contributed by atoms with van der Waals surface area (Å²) in [4.78, 5) is 10.9. The minimum atomic E-state index is 0.0475. The van der Waals surface area contributed by atoms with Crippen LogP contribution in [0.2, 0.25) is 0 Å². The Morgan fingerprint density at radius 2 is 2.05 bits per heavy atom. The Hall–Kier alpha value is -1.95. The number of nitrogens with zero attached hydrogens (tertiary/aromatic N) is 3. The van der Waals surface area contributed by atoms with Gasteiger partial charge in [0.2, 0.25) is 0 Å². The number of rotatable bonds is 4. The maximum absolute atomic E-state index is 7.76. The molecule has 2 aromatic heterocycles. The Morgan fingerprint density at radius 3 is 2.60 bits per heavy atom. The second-order valence-corrected chi connectivity index (χ2v) is 5.93.